The van der Waals surface area contributed by atoms with E-state index in [-0.39, 0.29) is 5.56 Å². The molecule has 0 atom stereocenters. The number of carboxylic acids is 1. The van der Waals surface area contributed by atoms with Gasteiger partial charge in [0.1, 0.15) is 0 Å². The molecule has 0 heterocycles. The van der Waals surface area contributed by atoms with Gasteiger partial charge in [0.15, 0.2) is 0 Å². The minimum absolute atomic E-state index is 0.230. The minimum atomic E-state index is -0.967. The number of nitrogens with two attached hydrogens (primary N) is 1. The van der Waals surface area contributed by atoms with Gasteiger partial charge in [0, 0.05) is 15.5 Å². The van der Waals surface area contributed by atoms with E-state index in [1.807, 2.05) is 42.5 Å². The molecule has 104 valence electrons. The number of nitrogen functional groups attached to an aromatic ring is 1. The van der Waals surface area contributed by atoms with Gasteiger partial charge < -0.3 is 10.8 Å². The van der Waals surface area contributed by atoms with E-state index in [0.717, 1.165) is 15.7 Å². The molecule has 21 heavy (non-hydrogen) atoms. The van der Waals surface area contributed by atoms with Crippen molar-refractivity contribution in [2.24, 2.45) is 0 Å². The van der Waals surface area contributed by atoms with Crippen molar-refractivity contribution in [3.8, 4) is 0 Å². The number of anilines is 1. The highest BCUT2D eigenvalue weighted by Crippen LogP contribution is 2.36. The molecular formula is C17H13NO2S. The summed E-state index contributed by atoms with van der Waals surface area (Å²) in [5.41, 5.74) is 6.64. The molecule has 0 amide bonds. The summed E-state index contributed by atoms with van der Waals surface area (Å²) in [6, 6.07) is 19.0. The fourth-order valence-electron chi connectivity index (χ4n) is 2.19. The number of benzene rings is 3. The number of aromatic carboxylic acids is 1. The first kappa shape index (κ1) is 13.5. The van der Waals surface area contributed by atoms with Crippen molar-refractivity contribution >= 4 is 34.2 Å². The molecular weight excluding hydrogens is 282 g/mol. The van der Waals surface area contributed by atoms with Crippen LogP contribution >= 0.6 is 11.8 Å². The molecule has 0 radical (unpaired) electrons. The monoisotopic (exact) mass is 295 g/mol. The Balaban J connectivity index is 2.04. The first-order chi connectivity index (χ1) is 10.1. The van der Waals surface area contributed by atoms with Crippen molar-refractivity contribution in [3.63, 3.8) is 0 Å². The van der Waals surface area contributed by atoms with Crippen LogP contribution in [0, 0.1) is 0 Å². The van der Waals surface area contributed by atoms with E-state index < -0.39 is 5.97 Å². The third-order valence-corrected chi connectivity index (χ3v) is 4.37. The molecule has 0 saturated heterocycles. The van der Waals surface area contributed by atoms with Gasteiger partial charge >= 0.3 is 5.97 Å². The van der Waals surface area contributed by atoms with Crippen molar-refractivity contribution in [1.29, 1.82) is 0 Å². The lowest BCUT2D eigenvalue weighted by atomic mass is 10.1. The van der Waals surface area contributed by atoms with E-state index in [1.54, 1.807) is 18.2 Å². The minimum Gasteiger partial charge on any atom is -0.478 e. The Morgan fingerprint density at radius 1 is 0.952 bits per heavy atom. The zero-order valence-corrected chi connectivity index (χ0v) is 11.9. The number of fused-ring (bicyclic) bond motifs is 1. The van der Waals surface area contributed by atoms with E-state index in [0.29, 0.717) is 10.6 Å². The third-order valence-electron chi connectivity index (χ3n) is 3.22. The molecule has 4 heteroatoms. The molecule has 3 rings (SSSR count). The molecule has 0 aromatic heterocycles. The molecule has 0 aliphatic rings. The van der Waals surface area contributed by atoms with Crippen LogP contribution in [-0.4, -0.2) is 11.1 Å². The summed E-state index contributed by atoms with van der Waals surface area (Å²) in [4.78, 5) is 12.9. The van der Waals surface area contributed by atoms with Gasteiger partial charge in [-0.1, -0.05) is 48.2 Å². The van der Waals surface area contributed by atoms with Crippen LogP contribution in [0.5, 0.6) is 0 Å². The summed E-state index contributed by atoms with van der Waals surface area (Å²) in [5.74, 6) is -0.967. The summed E-state index contributed by atoms with van der Waals surface area (Å²) in [6.07, 6.45) is 0. The van der Waals surface area contributed by atoms with Crippen LogP contribution in [-0.2, 0) is 0 Å². The Morgan fingerprint density at radius 3 is 2.48 bits per heavy atom. The van der Waals surface area contributed by atoms with Crippen molar-refractivity contribution in [1.82, 2.24) is 0 Å². The number of rotatable bonds is 3. The molecule has 0 bridgehead atoms. The number of carbonyl (C=O) groups is 1. The van der Waals surface area contributed by atoms with Crippen molar-refractivity contribution in [2.75, 3.05) is 5.73 Å². The van der Waals surface area contributed by atoms with Gasteiger partial charge in [-0.2, -0.15) is 0 Å². The maximum Gasteiger partial charge on any atom is 0.336 e. The topological polar surface area (TPSA) is 63.3 Å². The Hall–Kier alpha value is -2.46. The highest BCUT2D eigenvalue weighted by molar-refractivity contribution is 7.99. The molecule has 0 aliphatic carbocycles. The first-order valence-electron chi connectivity index (χ1n) is 6.43. The largest absolute Gasteiger partial charge is 0.478 e. The van der Waals surface area contributed by atoms with Crippen LogP contribution < -0.4 is 5.73 Å². The number of hydrogen-bond donors (Lipinski definition) is 2. The standard InChI is InChI=1S/C17H13NO2S/c18-15-7-3-6-14(17(19)20)16(15)21-13-9-8-11-4-1-2-5-12(11)10-13/h1-10H,18H2,(H,19,20). The van der Waals surface area contributed by atoms with E-state index >= 15 is 0 Å². The molecule has 0 saturated carbocycles. The average Bonchev–Trinajstić information content (AvgIpc) is 2.49. The predicted molar refractivity (Wildman–Crippen MR) is 85.9 cm³/mol. The van der Waals surface area contributed by atoms with Gasteiger partial charge in [0.2, 0.25) is 0 Å². The quantitative estimate of drug-likeness (QED) is 0.708. The summed E-state index contributed by atoms with van der Waals surface area (Å²) in [5, 5.41) is 11.5. The maximum atomic E-state index is 11.3. The van der Waals surface area contributed by atoms with E-state index in [1.165, 1.54) is 11.8 Å². The summed E-state index contributed by atoms with van der Waals surface area (Å²) in [7, 11) is 0. The Morgan fingerprint density at radius 2 is 1.71 bits per heavy atom. The average molecular weight is 295 g/mol. The second-order valence-electron chi connectivity index (χ2n) is 4.64. The van der Waals surface area contributed by atoms with E-state index in [9.17, 15) is 9.90 Å². The lowest BCUT2D eigenvalue weighted by Gasteiger charge is -2.09. The Labute approximate surface area is 126 Å². The second kappa shape index (κ2) is 5.50. The fourth-order valence-corrected chi connectivity index (χ4v) is 3.19. The molecule has 0 spiro atoms. The van der Waals surface area contributed by atoms with Gasteiger partial charge in [-0.25, -0.2) is 4.79 Å². The second-order valence-corrected chi connectivity index (χ2v) is 5.72. The highest BCUT2D eigenvalue weighted by Gasteiger charge is 2.14. The molecule has 3 N–H and O–H groups in total. The van der Waals surface area contributed by atoms with Crippen molar-refractivity contribution in [2.45, 2.75) is 9.79 Å². The normalized spacial score (nSPS) is 10.7. The third kappa shape index (κ3) is 2.71. The number of carboxylic acid groups (broad SMARTS) is 1. The van der Waals surface area contributed by atoms with Gasteiger partial charge in [-0.15, -0.1) is 0 Å². The highest BCUT2D eigenvalue weighted by atomic mass is 32.2. The van der Waals surface area contributed by atoms with Crippen LogP contribution in [0.3, 0.4) is 0 Å². The van der Waals surface area contributed by atoms with E-state index in [2.05, 4.69) is 0 Å². The lowest BCUT2D eigenvalue weighted by molar-refractivity contribution is 0.0693. The lowest BCUT2D eigenvalue weighted by Crippen LogP contribution is -2.01. The van der Waals surface area contributed by atoms with Gasteiger partial charge in [0.05, 0.1) is 5.56 Å². The molecule has 3 nitrogen and oxygen atoms in total. The summed E-state index contributed by atoms with van der Waals surface area (Å²) in [6.45, 7) is 0. The van der Waals surface area contributed by atoms with Crippen LogP contribution in [0.1, 0.15) is 10.4 Å². The van der Waals surface area contributed by atoms with Crippen molar-refractivity contribution < 1.29 is 9.90 Å². The SMILES string of the molecule is Nc1cccc(C(=O)O)c1Sc1ccc2ccccc2c1. The molecule has 3 aromatic carbocycles. The van der Waals surface area contributed by atoms with Gasteiger partial charge in [0.25, 0.3) is 0 Å². The molecule has 0 unspecified atom stereocenters. The summed E-state index contributed by atoms with van der Waals surface area (Å²) < 4.78 is 0. The predicted octanol–water partition coefficient (Wildman–Crippen LogP) is 4.27. The zero-order chi connectivity index (χ0) is 14.8. The number of hydrogen-bond acceptors (Lipinski definition) is 3. The van der Waals surface area contributed by atoms with E-state index in [4.69, 9.17) is 5.73 Å². The van der Waals surface area contributed by atoms with Gasteiger partial charge in [-0.05, 0) is 35.0 Å². The molecule has 3 aromatic rings. The van der Waals surface area contributed by atoms with Crippen LogP contribution in [0.2, 0.25) is 0 Å². The van der Waals surface area contributed by atoms with Gasteiger partial charge in [-0.3, -0.25) is 0 Å². The van der Waals surface area contributed by atoms with Crippen LogP contribution in [0.4, 0.5) is 5.69 Å². The Kier molecular flexibility index (Phi) is 3.54. The smallest absolute Gasteiger partial charge is 0.336 e. The summed E-state index contributed by atoms with van der Waals surface area (Å²) >= 11 is 1.38. The zero-order valence-electron chi connectivity index (χ0n) is 11.1. The fraction of sp³-hybridized carbons (Fsp3) is 0. The molecule has 0 fully saturated rings. The Bertz CT molecular complexity index is 830. The first-order valence-corrected chi connectivity index (χ1v) is 7.25. The maximum absolute atomic E-state index is 11.3. The van der Waals surface area contributed by atoms with Crippen LogP contribution in [0.25, 0.3) is 10.8 Å². The van der Waals surface area contributed by atoms with Crippen molar-refractivity contribution in [3.05, 3.63) is 66.2 Å². The molecule has 0 aliphatic heterocycles. The van der Waals surface area contributed by atoms with Crippen LogP contribution in [0.15, 0.2) is 70.5 Å².